The van der Waals surface area contributed by atoms with E-state index in [0.717, 1.165) is 45.5 Å². The van der Waals surface area contributed by atoms with Gasteiger partial charge >= 0.3 is 0 Å². The van der Waals surface area contributed by atoms with Crippen LogP contribution in [0.2, 0.25) is 0 Å². The van der Waals surface area contributed by atoms with Crippen molar-refractivity contribution in [3.05, 3.63) is 22.1 Å². The van der Waals surface area contributed by atoms with Gasteiger partial charge in [-0.15, -0.1) is 0 Å². The van der Waals surface area contributed by atoms with Gasteiger partial charge in [0.25, 0.3) is 6.20 Å². The number of nitrogens with zero attached hydrogens (tertiary/aromatic N) is 3. The molecule has 0 atom stereocenters. The molecule has 0 aromatic heterocycles. The highest BCUT2D eigenvalue weighted by molar-refractivity contribution is 5.00. The Bertz CT molecular complexity index is 264. The minimum atomic E-state index is -0.405. The first-order valence-electron chi connectivity index (χ1n) is 5.73. The normalized spacial score (nSPS) is 18.2. The Kier molecular flexibility index (Phi) is 5.04. The molecule has 1 N–H and O–H groups in total. The van der Waals surface area contributed by atoms with Crippen molar-refractivity contribution in [3.8, 4) is 0 Å². The van der Waals surface area contributed by atoms with Crippen LogP contribution in [0.3, 0.4) is 0 Å². The van der Waals surface area contributed by atoms with Gasteiger partial charge in [0.05, 0.1) is 4.92 Å². The molecule has 0 aliphatic carbocycles. The quantitative estimate of drug-likeness (QED) is 0.523. The molecule has 1 fully saturated rings. The lowest BCUT2D eigenvalue weighted by atomic mass is 10.4. The minimum Gasteiger partial charge on any atom is -0.365 e. The predicted octanol–water partition coefficient (Wildman–Crippen LogP) is 0.309. The van der Waals surface area contributed by atoms with E-state index in [0.29, 0.717) is 5.82 Å². The second-order valence-electron chi connectivity index (χ2n) is 3.74. The molecule has 0 aromatic carbocycles. The summed E-state index contributed by atoms with van der Waals surface area (Å²) in [6, 6.07) is 0. The van der Waals surface area contributed by atoms with E-state index in [1.165, 1.54) is 0 Å². The fourth-order valence-electron chi connectivity index (χ4n) is 1.81. The third-order valence-electron chi connectivity index (χ3n) is 2.84. The van der Waals surface area contributed by atoms with Gasteiger partial charge in [0.15, 0.2) is 5.82 Å². The number of rotatable bonds is 6. The van der Waals surface area contributed by atoms with Crippen LogP contribution < -0.4 is 5.32 Å². The molecule has 16 heavy (non-hydrogen) atoms. The van der Waals surface area contributed by atoms with Crippen molar-refractivity contribution in [2.24, 2.45) is 0 Å². The van der Waals surface area contributed by atoms with Crippen LogP contribution in [-0.2, 0) is 0 Å². The van der Waals surface area contributed by atoms with Crippen molar-refractivity contribution in [2.75, 3.05) is 39.3 Å². The van der Waals surface area contributed by atoms with Crippen molar-refractivity contribution in [1.82, 2.24) is 15.1 Å². The van der Waals surface area contributed by atoms with Gasteiger partial charge in [-0.25, -0.2) is 0 Å². The third-order valence-corrected chi connectivity index (χ3v) is 2.84. The largest absolute Gasteiger partial charge is 0.365 e. The summed E-state index contributed by atoms with van der Waals surface area (Å²) in [7, 11) is 0. The van der Waals surface area contributed by atoms with Crippen LogP contribution in [-0.4, -0.2) is 54.0 Å². The average molecular weight is 228 g/mol. The first kappa shape index (κ1) is 12.8. The Labute approximate surface area is 96.1 Å². The first-order valence-corrected chi connectivity index (χ1v) is 5.73. The molecule has 0 bridgehead atoms. The van der Waals surface area contributed by atoms with Crippen LogP contribution in [0.25, 0.3) is 0 Å². The first-order chi connectivity index (χ1) is 7.67. The van der Waals surface area contributed by atoms with Crippen LogP contribution in [0.1, 0.15) is 13.8 Å². The third kappa shape index (κ3) is 3.69. The zero-order chi connectivity index (χ0) is 12.0. The number of nitro groups is 1. The van der Waals surface area contributed by atoms with Crippen LogP contribution in [0.4, 0.5) is 0 Å². The fourth-order valence-corrected chi connectivity index (χ4v) is 1.81. The van der Waals surface area contributed by atoms with E-state index >= 15 is 0 Å². The maximum absolute atomic E-state index is 10.4. The second kappa shape index (κ2) is 6.32. The number of nitrogens with one attached hydrogen (secondary N) is 1. The second-order valence-corrected chi connectivity index (χ2v) is 3.74. The van der Waals surface area contributed by atoms with Gasteiger partial charge in [0.2, 0.25) is 0 Å². The van der Waals surface area contributed by atoms with Crippen LogP contribution in [0.15, 0.2) is 12.0 Å². The molecule has 1 heterocycles. The highest BCUT2D eigenvalue weighted by Crippen LogP contribution is 2.06. The molecular formula is C10H20N4O2. The zero-order valence-corrected chi connectivity index (χ0v) is 9.98. The molecule has 6 nitrogen and oxygen atoms in total. The Morgan fingerprint density at radius 3 is 2.81 bits per heavy atom. The summed E-state index contributed by atoms with van der Waals surface area (Å²) in [5, 5.41) is 13.4. The Morgan fingerprint density at radius 1 is 1.56 bits per heavy atom. The lowest BCUT2D eigenvalue weighted by Gasteiger charge is -2.23. The SMILES string of the molecule is CCN(CC)CCN1CCN/C1=C\[N+](=O)[O-]. The van der Waals surface area contributed by atoms with Gasteiger partial charge in [-0.05, 0) is 13.1 Å². The van der Waals surface area contributed by atoms with Gasteiger partial charge < -0.3 is 15.1 Å². The van der Waals surface area contributed by atoms with Crippen LogP contribution in [0.5, 0.6) is 0 Å². The Hall–Kier alpha value is -1.30. The van der Waals surface area contributed by atoms with E-state index in [9.17, 15) is 10.1 Å². The standard InChI is InChI=1S/C10H20N4O2/c1-3-12(4-2)7-8-13-6-5-11-10(13)9-14(15)16/h9,11H,3-8H2,1-2H3/b10-9+. The topological polar surface area (TPSA) is 61.6 Å². The van der Waals surface area contributed by atoms with Crippen molar-refractivity contribution in [1.29, 1.82) is 0 Å². The van der Waals surface area contributed by atoms with Gasteiger partial charge in [0.1, 0.15) is 0 Å². The molecular weight excluding hydrogens is 208 g/mol. The van der Waals surface area contributed by atoms with E-state index < -0.39 is 4.92 Å². The monoisotopic (exact) mass is 228 g/mol. The lowest BCUT2D eigenvalue weighted by Crippen LogP contribution is -2.33. The highest BCUT2D eigenvalue weighted by Gasteiger charge is 2.19. The fraction of sp³-hybridized carbons (Fsp3) is 0.800. The van der Waals surface area contributed by atoms with Crippen LogP contribution >= 0.6 is 0 Å². The molecule has 0 saturated carbocycles. The molecule has 6 heteroatoms. The molecule has 1 aliphatic heterocycles. The molecule has 1 aliphatic rings. The summed E-state index contributed by atoms with van der Waals surface area (Å²) in [4.78, 5) is 14.3. The predicted molar refractivity (Wildman–Crippen MR) is 62.4 cm³/mol. The summed E-state index contributed by atoms with van der Waals surface area (Å²) >= 11 is 0. The number of hydrogen-bond donors (Lipinski definition) is 1. The van der Waals surface area contributed by atoms with Crippen molar-refractivity contribution >= 4 is 0 Å². The van der Waals surface area contributed by atoms with Crippen molar-refractivity contribution in [2.45, 2.75) is 13.8 Å². The zero-order valence-electron chi connectivity index (χ0n) is 9.98. The lowest BCUT2D eigenvalue weighted by molar-refractivity contribution is -0.404. The summed E-state index contributed by atoms with van der Waals surface area (Å²) in [5.74, 6) is 0.636. The summed E-state index contributed by atoms with van der Waals surface area (Å²) in [6.45, 7) is 9.72. The van der Waals surface area contributed by atoms with E-state index in [2.05, 4.69) is 24.1 Å². The van der Waals surface area contributed by atoms with E-state index in [-0.39, 0.29) is 0 Å². The van der Waals surface area contributed by atoms with Crippen LogP contribution in [0, 0.1) is 10.1 Å². The molecule has 92 valence electrons. The molecule has 0 spiro atoms. The molecule has 0 amide bonds. The summed E-state index contributed by atoms with van der Waals surface area (Å²) < 4.78 is 0. The van der Waals surface area contributed by atoms with Crippen molar-refractivity contribution < 1.29 is 4.92 Å². The Balaban J connectivity index is 2.44. The molecule has 0 radical (unpaired) electrons. The molecule has 1 saturated heterocycles. The molecule has 0 unspecified atom stereocenters. The average Bonchev–Trinajstić information content (AvgIpc) is 2.66. The number of hydrogen-bond acceptors (Lipinski definition) is 5. The van der Waals surface area contributed by atoms with E-state index in [4.69, 9.17) is 0 Å². The van der Waals surface area contributed by atoms with Gasteiger partial charge in [-0.1, -0.05) is 13.8 Å². The van der Waals surface area contributed by atoms with Gasteiger partial charge in [-0.2, -0.15) is 0 Å². The summed E-state index contributed by atoms with van der Waals surface area (Å²) in [5.41, 5.74) is 0. The maximum atomic E-state index is 10.4. The van der Waals surface area contributed by atoms with E-state index in [1.54, 1.807) is 0 Å². The smallest absolute Gasteiger partial charge is 0.274 e. The molecule has 1 rings (SSSR count). The summed E-state index contributed by atoms with van der Waals surface area (Å²) in [6.07, 6.45) is 1.05. The maximum Gasteiger partial charge on any atom is 0.274 e. The Morgan fingerprint density at radius 2 is 2.25 bits per heavy atom. The van der Waals surface area contributed by atoms with E-state index in [1.807, 2.05) is 4.90 Å². The molecule has 0 aromatic rings. The number of likely N-dealkylation sites (N-methyl/N-ethyl adjacent to an activating group) is 1. The van der Waals surface area contributed by atoms with Gasteiger partial charge in [0, 0.05) is 26.2 Å². The van der Waals surface area contributed by atoms with Gasteiger partial charge in [-0.3, -0.25) is 10.1 Å². The minimum absolute atomic E-state index is 0.405. The highest BCUT2D eigenvalue weighted by atomic mass is 16.6. The van der Waals surface area contributed by atoms with Crippen molar-refractivity contribution in [3.63, 3.8) is 0 Å².